The van der Waals surface area contributed by atoms with Crippen LogP contribution in [0.2, 0.25) is 5.02 Å². The fourth-order valence-corrected chi connectivity index (χ4v) is 2.54. The Kier molecular flexibility index (Phi) is 4.70. The van der Waals surface area contributed by atoms with Crippen molar-refractivity contribution in [2.24, 2.45) is 0 Å². The number of carbonyl (C=O) groups is 1. The number of hydrogen-bond donors (Lipinski definition) is 2. The van der Waals surface area contributed by atoms with Crippen molar-refractivity contribution in [2.75, 3.05) is 5.32 Å². The summed E-state index contributed by atoms with van der Waals surface area (Å²) in [7, 11) is 0. The van der Waals surface area contributed by atoms with Crippen molar-refractivity contribution in [1.82, 2.24) is 0 Å². The van der Waals surface area contributed by atoms with Crippen LogP contribution in [0.15, 0.2) is 40.9 Å². The van der Waals surface area contributed by atoms with Crippen LogP contribution in [-0.2, 0) is 0 Å². The number of nitrogens with one attached hydrogen (secondary N) is 1. The molecule has 2 aromatic rings. The molecule has 0 aliphatic carbocycles. The van der Waals surface area contributed by atoms with E-state index in [1.165, 1.54) is 6.07 Å². The van der Waals surface area contributed by atoms with Gasteiger partial charge in [-0.3, -0.25) is 0 Å². The van der Waals surface area contributed by atoms with Gasteiger partial charge < -0.3 is 10.4 Å². The fourth-order valence-electron chi connectivity index (χ4n) is 1.54. The minimum absolute atomic E-state index is 0.142. The number of halogens is 3. The summed E-state index contributed by atoms with van der Waals surface area (Å²) in [6.07, 6.45) is 0. The van der Waals surface area contributed by atoms with Crippen LogP contribution in [0.5, 0.6) is 0 Å². The molecule has 0 unspecified atom stereocenters. The van der Waals surface area contributed by atoms with Gasteiger partial charge in [-0.25, -0.2) is 4.79 Å². The number of rotatable bonds is 3. The Labute approximate surface area is 137 Å². The van der Waals surface area contributed by atoms with Crippen LogP contribution in [0.1, 0.15) is 10.4 Å². The zero-order valence-electron chi connectivity index (χ0n) is 9.45. The highest BCUT2D eigenvalue weighted by atomic mass is 127. The van der Waals surface area contributed by atoms with Crippen molar-refractivity contribution in [3.8, 4) is 0 Å². The van der Waals surface area contributed by atoms with Gasteiger partial charge in [-0.05, 0) is 59.0 Å². The van der Waals surface area contributed by atoms with Crippen molar-refractivity contribution >= 4 is 67.5 Å². The van der Waals surface area contributed by atoms with Crippen molar-refractivity contribution in [3.63, 3.8) is 0 Å². The Morgan fingerprint density at radius 3 is 2.63 bits per heavy atom. The van der Waals surface area contributed by atoms with E-state index in [0.29, 0.717) is 10.7 Å². The van der Waals surface area contributed by atoms with Crippen molar-refractivity contribution in [2.45, 2.75) is 0 Å². The first-order valence-corrected chi connectivity index (χ1v) is 7.47. The SMILES string of the molecule is O=C(O)c1cc(Cl)ccc1Nc1cc(Br)ccc1I. The molecular formula is C13H8BrClINO2. The lowest BCUT2D eigenvalue weighted by Gasteiger charge is -2.12. The summed E-state index contributed by atoms with van der Waals surface area (Å²) in [5, 5.41) is 12.7. The minimum atomic E-state index is -1.02. The molecule has 0 heterocycles. The Morgan fingerprint density at radius 2 is 1.95 bits per heavy atom. The van der Waals surface area contributed by atoms with Gasteiger partial charge in [0.05, 0.1) is 16.9 Å². The Hall–Kier alpha value is -0.790. The minimum Gasteiger partial charge on any atom is -0.478 e. The highest BCUT2D eigenvalue weighted by Crippen LogP contribution is 2.29. The molecule has 0 fully saturated rings. The Bertz CT molecular complexity index is 649. The average Bonchev–Trinajstić information content (AvgIpc) is 2.35. The predicted octanol–water partition coefficient (Wildman–Crippen LogP) is 5.15. The summed E-state index contributed by atoms with van der Waals surface area (Å²) in [6.45, 7) is 0. The first kappa shape index (κ1) is 14.6. The molecule has 0 saturated heterocycles. The highest BCUT2D eigenvalue weighted by Gasteiger charge is 2.12. The van der Waals surface area contributed by atoms with Gasteiger partial charge >= 0.3 is 5.97 Å². The lowest BCUT2D eigenvalue weighted by molar-refractivity contribution is 0.0698. The number of aromatic carboxylic acids is 1. The standard InChI is InChI=1S/C13H8BrClINO2/c14-7-1-3-10(16)12(5-7)17-11-4-2-8(15)6-9(11)13(18)19/h1-6,17H,(H,18,19). The van der Waals surface area contributed by atoms with E-state index in [9.17, 15) is 9.90 Å². The van der Waals surface area contributed by atoms with Gasteiger partial charge in [0.25, 0.3) is 0 Å². The molecule has 98 valence electrons. The molecule has 0 amide bonds. The number of carboxylic acid groups (broad SMARTS) is 1. The zero-order valence-corrected chi connectivity index (χ0v) is 14.0. The van der Waals surface area contributed by atoms with E-state index in [2.05, 4.69) is 43.8 Å². The normalized spacial score (nSPS) is 10.3. The summed E-state index contributed by atoms with van der Waals surface area (Å²) < 4.78 is 1.91. The topological polar surface area (TPSA) is 49.3 Å². The Balaban J connectivity index is 2.43. The van der Waals surface area contributed by atoms with Crippen LogP contribution >= 0.6 is 50.1 Å². The van der Waals surface area contributed by atoms with Gasteiger partial charge in [-0.1, -0.05) is 27.5 Å². The van der Waals surface area contributed by atoms with Crippen LogP contribution in [0, 0.1) is 3.57 Å². The molecule has 2 aromatic carbocycles. The molecule has 2 N–H and O–H groups in total. The monoisotopic (exact) mass is 451 g/mol. The molecule has 6 heteroatoms. The largest absolute Gasteiger partial charge is 0.478 e. The van der Waals surface area contributed by atoms with Crippen LogP contribution < -0.4 is 5.32 Å². The second-order valence-electron chi connectivity index (χ2n) is 3.74. The molecule has 19 heavy (non-hydrogen) atoms. The molecule has 2 rings (SSSR count). The van der Waals surface area contributed by atoms with Gasteiger partial charge in [0.2, 0.25) is 0 Å². The van der Waals surface area contributed by atoms with E-state index in [4.69, 9.17) is 11.6 Å². The summed E-state index contributed by atoms with van der Waals surface area (Å²) in [5.41, 5.74) is 1.48. The van der Waals surface area contributed by atoms with Crippen molar-refractivity contribution < 1.29 is 9.90 Å². The third-order valence-corrected chi connectivity index (χ3v) is 4.08. The summed E-state index contributed by atoms with van der Waals surface area (Å²) in [5.74, 6) is -1.02. The smallest absolute Gasteiger partial charge is 0.337 e. The van der Waals surface area contributed by atoms with E-state index in [-0.39, 0.29) is 5.56 Å². The molecule has 0 saturated carbocycles. The number of hydrogen-bond acceptors (Lipinski definition) is 2. The van der Waals surface area contributed by atoms with Crippen LogP contribution in [0.3, 0.4) is 0 Å². The van der Waals surface area contributed by atoms with Gasteiger partial charge in [0.1, 0.15) is 0 Å². The molecule has 0 atom stereocenters. The Morgan fingerprint density at radius 1 is 1.21 bits per heavy atom. The van der Waals surface area contributed by atoms with E-state index >= 15 is 0 Å². The predicted molar refractivity (Wildman–Crippen MR) is 88.6 cm³/mol. The summed E-state index contributed by atoms with van der Waals surface area (Å²) in [4.78, 5) is 11.2. The van der Waals surface area contributed by atoms with Gasteiger partial charge in [0, 0.05) is 13.1 Å². The molecular weight excluding hydrogens is 444 g/mol. The van der Waals surface area contributed by atoms with Crippen molar-refractivity contribution in [3.05, 3.63) is 55.0 Å². The van der Waals surface area contributed by atoms with E-state index in [1.54, 1.807) is 12.1 Å². The van der Waals surface area contributed by atoms with E-state index in [1.807, 2.05) is 18.2 Å². The summed E-state index contributed by atoms with van der Waals surface area (Å²) >= 11 is 11.4. The maximum Gasteiger partial charge on any atom is 0.337 e. The maximum atomic E-state index is 11.2. The number of carboxylic acids is 1. The van der Waals surface area contributed by atoms with E-state index < -0.39 is 5.97 Å². The molecule has 0 radical (unpaired) electrons. The molecule has 0 bridgehead atoms. The first-order valence-electron chi connectivity index (χ1n) is 5.22. The molecule has 0 aliphatic heterocycles. The van der Waals surface area contributed by atoms with Gasteiger partial charge in [-0.2, -0.15) is 0 Å². The highest BCUT2D eigenvalue weighted by molar-refractivity contribution is 14.1. The average molecular weight is 452 g/mol. The molecule has 0 aliphatic rings. The molecule has 0 spiro atoms. The zero-order chi connectivity index (χ0) is 14.0. The van der Waals surface area contributed by atoms with Crippen LogP contribution in [0.4, 0.5) is 11.4 Å². The van der Waals surface area contributed by atoms with E-state index in [0.717, 1.165) is 13.7 Å². The lowest BCUT2D eigenvalue weighted by atomic mass is 10.1. The van der Waals surface area contributed by atoms with Crippen LogP contribution in [0.25, 0.3) is 0 Å². The second-order valence-corrected chi connectivity index (χ2v) is 6.26. The maximum absolute atomic E-state index is 11.2. The van der Waals surface area contributed by atoms with Crippen LogP contribution in [-0.4, -0.2) is 11.1 Å². The van der Waals surface area contributed by atoms with Gasteiger partial charge in [-0.15, -0.1) is 0 Å². The first-order chi connectivity index (χ1) is 8.97. The quantitative estimate of drug-likeness (QED) is 0.634. The third-order valence-electron chi connectivity index (χ3n) is 2.41. The lowest BCUT2D eigenvalue weighted by Crippen LogP contribution is -2.03. The number of benzene rings is 2. The fraction of sp³-hybridized carbons (Fsp3) is 0. The number of anilines is 2. The van der Waals surface area contributed by atoms with Gasteiger partial charge in [0.15, 0.2) is 0 Å². The van der Waals surface area contributed by atoms with Crippen molar-refractivity contribution in [1.29, 1.82) is 0 Å². The molecule has 0 aromatic heterocycles. The second kappa shape index (κ2) is 6.11. The summed E-state index contributed by atoms with van der Waals surface area (Å²) in [6, 6.07) is 10.5. The molecule has 3 nitrogen and oxygen atoms in total. The third kappa shape index (κ3) is 3.61.